The van der Waals surface area contributed by atoms with E-state index >= 15 is 0 Å². The molecule has 3 aromatic rings. The number of hydrogen-bond donors (Lipinski definition) is 1. The molecule has 0 aliphatic rings. The zero-order valence-corrected chi connectivity index (χ0v) is 13.3. The van der Waals surface area contributed by atoms with Crippen LogP contribution < -0.4 is 5.73 Å². The van der Waals surface area contributed by atoms with Gasteiger partial charge >= 0.3 is 12.4 Å². The van der Waals surface area contributed by atoms with E-state index < -0.39 is 51.9 Å². The second kappa shape index (κ2) is 6.53. The Morgan fingerprint density at radius 1 is 0.630 bits per heavy atom. The van der Waals surface area contributed by atoms with E-state index in [0.29, 0.717) is 0 Å². The van der Waals surface area contributed by atoms with Crippen LogP contribution in [0, 0.1) is 0 Å². The van der Waals surface area contributed by atoms with Gasteiger partial charge in [-0.3, -0.25) is 0 Å². The van der Waals surface area contributed by atoms with E-state index in [1.807, 2.05) is 0 Å². The van der Waals surface area contributed by atoms with Gasteiger partial charge in [-0.15, -0.1) is 10.2 Å². The van der Waals surface area contributed by atoms with E-state index in [4.69, 9.17) is 5.73 Å². The lowest BCUT2D eigenvalue weighted by molar-refractivity contribution is -0.138. The topological polar surface area (TPSA) is 64.7 Å². The normalized spacial score (nSPS) is 12.2. The molecule has 4 nitrogen and oxygen atoms in total. The van der Waals surface area contributed by atoms with Crippen LogP contribution in [0.15, 0.2) is 48.5 Å². The molecular formula is C17H10F6N4. The molecule has 0 unspecified atom stereocenters. The third-order valence-corrected chi connectivity index (χ3v) is 3.68. The maximum atomic E-state index is 13.4. The van der Waals surface area contributed by atoms with Crippen molar-refractivity contribution in [3.05, 3.63) is 59.7 Å². The molecule has 1 heterocycles. The van der Waals surface area contributed by atoms with Crippen LogP contribution in [0.2, 0.25) is 0 Å². The second-order valence-electron chi connectivity index (χ2n) is 5.45. The average Bonchev–Trinajstić information content (AvgIpc) is 2.60. The molecule has 0 spiro atoms. The summed E-state index contributed by atoms with van der Waals surface area (Å²) in [6.07, 6.45) is -9.50. The van der Waals surface area contributed by atoms with Gasteiger partial charge in [0, 0.05) is 11.1 Å². The molecule has 2 aromatic carbocycles. The third-order valence-electron chi connectivity index (χ3n) is 3.68. The number of nitrogens with zero attached hydrogens (tertiary/aromatic N) is 3. The largest absolute Gasteiger partial charge is 0.417 e. The van der Waals surface area contributed by atoms with Crippen molar-refractivity contribution in [3.8, 4) is 22.5 Å². The Hall–Kier alpha value is -3.17. The number of nitrogens with two attached hydrogens (primary N) is 1. The number of nitrogen functional groups attached to an aromatic ring is 1. The lowest BCUT2D eigenvalue weighted by Gasteiger charge is -2.16. The molecule has 0 fully saturated rings. The van der Waals surface area contributed by atoms with Crippen LogP contribution in [0.25, 0.3) is 22.5 Å². The number of hydrogen-bond acceptors (Lipinski definition) is 4. The van der Waals surface area contributed by atoms with Crippen LogP contribution in [0.4, 0.5) is 32.3 Å². The van der Waals surface area contributed by atoms with Crippen LogP contribution >= 0.6 is 0 Å². The molecule has 0 saturated carbocycles. The van der Waals surface area contributed by atoms with E-state index in [-0.39, 0.29) is 0 Å². The number of anilines is 1. The highest BCUT2D eigenvalue weighted by molar-refractivity contribution is 5.81. The van der Waals surface area contributed by atoms with Crippen molar-refractivity contribution >= 4 is 5.95 Å². The molecule has 2 N–H and O–H groups in total. The molecule has 0 bridgehead atoms. The predicted octanol–water partition coefficient (Wildman–Crippen LogP) is 4.83. The first kappa shape index (κ1) is 18.6. The summed E-state index contributed by atoms with van der Waals surface area (Å²) < 4.78 is 80.1. The number of aromatic nitrogens is 3. The fourth-order valence-corrected chi connectivity index (χ4v) is 2.58. The minimum atomic E-state index is -4.75. The van der Waals surface area contributed by atoms with Crippen LogP contribution in [0.1, 0.15) is 11.1 Å². The molecule has 0 aliphatic heterocycles. The Labute approximate surface area is 148 Å². The van der Waals surface area contributed by atoms with Gasteiger partial charge in [-0.2, -0.15) is 26.3 Å². The molecule has 1 aromatic heterocycles. The molecule has 140 valence electrons. The molecule has 0 amide bonds. The standard InChI is InChI=1S/C17H10F6N4/c18-16(19,20)11-7-3-1-5-9(11)13-14(26-27-15(24)25-13)10-6-2-4-8-12(10)17(21,22)23/h1-8H,(H2,24,25,27). The third kappa shape index (κ3) is 3.69. The molecular weight excluding hydrogens is 374 g/mol. The van der Waals surface area contributed by atoms with Crippen molar-refractivity contribution in [1.29, 1.82) is 0 Å². The maximum Gasteiger partial charge on any atom is 0.417 e. The summed E-state index contributed by atoms with van der Waals surface area (Å²) in [6.45, 7) is 0. The number of rotatable bonds is 2. The quantitative estimate of drug-likeness (QED) is 0.643. The van der Waals surface area contributed by atoms with Crippen LogP contribution in [0.3, 0.4) is 0 Å². The van der Waals surface area contributed by atoms with E-state index in [0.717, 1.165) is 36.4 Å². The minimum Gasteiger partial charge on any atom is -0.366 e. The summed E-state index contributed by atoms with van der Waals surface area (Å²) in [5.41, 5.74) is 1.51. The summed E-state index contributed by atoms with van der Waals surface area (Å²) in [6, 6.07) is 8.71. The Morgan fingerprint density at radius 2 is 1.07 bits per heavy atom. The zero-order chi connectivity index (χ0) is 19.8. The molecule has 0 atom stereocenters. The highest BCUT2D eigenvalue weighted by Crippen LogP contribution is 2.42. The highest BCUT2D eigenvalue weighted by Gasteiger charge is 2.37. The Morgan fingerprint density at radius 3 is 1.56 bits per heavy atom. The smallest absolute Gasteiger partial charge is 0.366 e. The zero-order valence-electron chi connectivity index (χ0n) is 13.3. The SMILES string of the molecule is Nc1nnc(-c2ccccc2C(F)(F)F)c(-c2ccccc2C(F)(F)F)n1. The fourth-order valence-electron chi connectivity index (χ4n) is 2.58. The number of halogens is 6. The molecule has 0 saturated heterocycles. The van der Waals surface area contributed by atoms with E-state index in [9.17, 15) is 26.3 Å². The van der Waals surface area contributed by atoms with Gasteiger partial charge in [0.1, 0.15) is 11.4 Å². The molecule has 10 heteroatoms. The molecule has 27 heavy (non-hydrogen) atoms. The van der Waals surface area contributed by atoms with Gasteiger partial charge in [0.25, 0.3) is 0 Å². The monoisotopic (exact) mass is 384 g/mol. The van der Waals surface area contributed by atoms with Gasteiger partial charge in [0.05, 0.1) is 11.1 Å². The van der Waals surface area contributed by atoms with Gasteiger partial charge in [-0.25, -0.2) is 4.98 Å². The van der Waals surface area contributed by atoms with Gasteiger partial charge in [-0.05, 0) is 12.1 Å². The summed E-state index contributed by atoms with van der Waals surface area (Å²) in [5, 5.41) is 7.04. The first-order valence-electron chi connectivity index (χ1n) is 7.42. The summed E-state index contributed by atoms with van der Waals surface area (Å²) in [4.78, 5) is 3.75. The summed E-state index contributed by atoms with van der Waals surface area (Å²) in [7, 11) is 0. The lowest BCUT2D eigenvalue weighted by atomic mass is 9.97. The second-order valence-corrected chi connectivity index (χ2v) is 5.45. The van der Waals surface area contributed by atoms with E-state index in [1.54, 1.807) is 0 Å². The predicted molar refractivity (Wildman–Crippen MR) is 85.1 cm³/mol. The maximum absolute atomic E-state index is 13.4. The van der Waals surface area contributed by atoms with E-state index in [1.165, 1.54) is 12.1 Å². The van der Waals surface area contributed by atoms with Crippen molar-refractivity contribution < 1.29 is 26.3 Å². The van der Waals surface area contributed by atoms with Crippen LogP contribution in [-0.2, 0) is 12.4 Å². The number of benzene rings is 2. The van der Waals surface area contributed by atoms with Crippen molar-refractivity contribution in [2.24, 2.45) is 0 Å². The van der Waals surface area contributed by atoms with Gasteiger partial charge in [-0.1, -0.05) is 36.4 Å². The summed E-state index contributed by atoms with van der Waals surface area (Å²) in [5.74, 6) is -0.463. The van der Waals surface area contributed by atoms with Crippen molar-refractivity contribution in [3.63, 3.8) is 0 Å². The Bertz CT molecular complexity index is 982. The number of alkyl halides is 6. The minimum absolute atomic E-state index is 0.438. The first-order valence-corrected chi connectivity index (χ1v) is 7.42. The van der Waals surface area contributed by atoms with Gasteiger partial charge < -0.3 is 5.73 Å². The van der Waals surface area contributed by atoms with Gasteiger partial charge in [0.2, 0.25) is 5.95 Å². The molecule has 0 aliphatic carbocycles. The van der Waals surface area contributed by atoms with Crippen molar-refractivity contribution in [1.82, 2.24) is 15.2 Å². The highest BCUT2D eigenvalue weighted by atomic mass is 19.4. The Kier molecular flexibility index (Phi) is 4.50. The Balaban J connectivity index is 2.34. The first-order chi connectivity index (χ1) is 12.6. The molecule has 0 radical (unpaired) electrons. The van der Waals surface area contributed by atoms with Crippen LogP contribution in [-0.4, -0.2) is 15.2 Å². The van der Waals surface area contributed by atoms with Crippen molar-refractivity contribution in [2.45, 2.75) is 12.4 Å². The lowest BCUT2D eigenvalue weighted by Crippen LogP contribution is -2.12. The van der Waals surface area contributed by atoms with E-state index in [2.05, 4.69) is 15.2 Å². The fraction of sp³-hybridized carbons (Fsp3) is 0.118. The summed E-state index contributed by atoms with van der Waals surface area (Å²) >= 11 is 0. The molecule has 3 rings (SSSR count). The van der Waals surface area contributed by atoms with Gasteiger partial charge in [0.15, 0.2) is 0 Å². The van der Waals surface area contributed by atoms with Crippen LogP contribution in [0.5, 0.6) is 0 Å². The van der Waals surface area contributed by atoms with Crippen molar-refractivity contribution in [2.75, 3.05) is 5.73 Å². The average molecular weight is 384 g/mol.